The first-order valence-corrected chi connectivity index (χ1v) is 16.5. The molecular formula is C35H45N3O4S. The third-order valence-electron chi connectivity index (χ3n) is 9.38. The minimum Gasteiger partial charge on any atom is -0.496 e. The maximum atomic E-state index is 14.2. The third-order valence-corrected chi connectivity index (χ3v) is 10.4. The summed E-state index contributed by atoms with van der Waals surface area (Å²) in [4.78, 5) is 33.1. The first-order chi connectivity index (χ1) is 20.8. The normalized spacial score (nSPS) is 22.0. The number of benzene rings is 2. The molecule has 1 N–H and O–H groups in total. The smallest absolute Gasteiger partial charge is 0.273 e. The van der Waals surface area contributed by atoms with Crippen LogP contribution in [0.3, 0.4) is 0 Å². The number of carbonyl (C=O) groups is 2. The van der Waals surface area contributed by atoms with Crippen LogP contribution in [0, 0.1) is 24.7 Å². The highest BCUT2D eigenvalue weighted by Gasteiger charge is 2.33. The van der Waals surface area contributed by atoms with Crippen LogP contribution in [0.5, 0.6) is 10.9 Å². The van der Waals surface area contributed by atoms with Crippen LogP contribution in [0.15, 0.2) is 48.7 Å². The van der Waals surface area contributed by atoms with Gasteiger partial charge in [0, 0.05) is 37.8 Å². The van der Waals surface area contributed by atoms with Crippen LogP contribution in [0.1, 0.15) is 75.3 Å². The molecule has 2 amide bonds. The van der Waals surface area contributed by atoms with Gasteiger partial charge in [0.1, 0.15) is 5.75 Å². The van der Waals surface area contributed by atoms with E-state index >= 15 is 0 Å². The number of methoxy groups -OCH3 is 2. The number of nitrogens with one attached hydrogen (secondary N) is 1. The molecule has 2 aromatic carbocycles. The van der Waals surface area contributed by atoms with E-state index < -0.39 is 0 Å². The second kappa shape index (κ2) is 14.4. The van der Waals surface area contributed by atoms with E-state index in [1.54, 1.807) is 21.1 Å². The van der Waals surface area contributed by atoms with Gasteiger partial charge in [0.05, 0.1) is 19.1 Å². The van der Waals surface area contributed by atoms with Crippen molar-refractivity contribution in [3.8, 4) is 21.4 Å². The summed E-state index contributed by atoms with van der Waals surface area (Å²) in [5, 5.41) is 3.59. The number of carbonyl (C=O) groups excluding carboxylic acids is 2. The molecule has 5 rings (SSSR count). The van der Waals surface area contributed by atoms with Crippen molar-refractivity contribution in [1.29, 1.82) is 0 Å². The van der Waals surface area contributed by atoms with Crippen LogP contribution in [0.4, 0.5) is 5.69 Å². The molecule has 0 atom stereocenters. The fourth-order valence-electron chi connectivity index (χ4n) is 6.85. The topological polar surface area (TPSA) is 80.8 Å². The van der Waals surface area contributed by atoms with Crippen LogP contribution in [0.2, 0.25) is 0 Å². The molecule has 0 spiro atoms. The average Bonchev–Trinajstić information content (AvgIpc) is 3.53. The van der Waals surface area contributed by atoms with E-state index in [4.69, 9.17) is 9.47 Å². The van der Waals surface area contributed by atoms with Crippen molar-refractivity contribution in [2.45, 2.75) is 71.1 Å². The zero-order valence-corrected chi connectivity index (χ0v) is 26.8. The predicted octanol–water partition coefficient (Wildman–Crippen LogP) is 7.39. The van der Waals surface area contributed by atoms with Crippen molar-refractivity contribution in [3.05, 3.63) is 59.8 Å². The largest absolute Gasteiger partial charge is 0.496 e. The molecule has 0 radical (unpaired) electrons. The summed E-state index contributed by atoms with van der Waals surface area (Å²) in [7, 11) is 3.36. The maximum Gasteiger partial charge on any atom is 0.273 e. The number of nitrogens with zero attached hydrogens (tertiary/aromatic N) is 2. The summed E-state index contributed by atoms with van der Waals surface area (Å²) in [5.74, 6) is 2.66. The molecule has 2 saturated carbocycles. The first kappa shape index (κ1) is 31.0. The first-order valence-electron chi connectivity index (χ1n) is 15.6. The van der Waals surface area contributed by atoms with Crippen molar-refractivity contribution >= 4 is 28.8 Å². The van der Waals surface area contributed by atoms with E-state index in [9.17, 15) is 9.59 Å². The van der Waals surface area contributed by atoms with Crippen LogP contribution < -0.4 is 19.7 Å². The molecule has 0 bridgehead atoms. The lowest BCUT2D eigenvalue weighted by molar-refractivity contribution is -0.124. The summed E-state index contributed by atoms with van der Waals surface area (Å²) in [5.41, 5.74) is 4.59. The molecule has 8 heteroatoms. The zero-order chi connectivity index (χ0) is 30.3. The molecule has 43 heavy (non-hydrogen) atoms. The lowest BCUT2D eigenvalue weighted by Gasteiger charge is -2.36. The summed E-state index contributed by atoms with van der Waals surface area (Å²) >= 11 is 1.51. The van der Waals surface area contributed by atoms with Gasteiger partial charge >= 0.3 is 0 Å². The zero-order valence-electron chi connectivity index (χ0n) is 25.9. The van der Waals surface area contributed by atoms with Gasteiger partial charge in [-0.3, -0.25) is 9.59 Å². The van der Waals surface area contributed by atoms with Gasteiger partial charge in [0.2, 0.25) is 11.8 Å². The number of amides is 2. The number of aromatic nitrogens is 1. The minimum absolute atomic E-state index is 0.0133. The Morgan fingerprint density at radius 3 is 2.35 bits per heavy atom. The summed E-state index contributed by atoms with van der Waals surface area (Å²) in [6.45, 7) is 5.13. The Labute approximate surface area is 260 Å². The highest BCUT2D eigenvalue weighted by atomic mass is 32.1. The van der Waals surface area contributed by atoms with Crippen molar-refractivity contribution in [3.63, 3.8) is 0 Å². The Balaban J connectivity index is 1.30. The van der Waals surface area contributed by atoms with E-state index in [0.29, 0.717) is 29.5 Å². The maximum absolute atomic E-state index is 14.2. The van der Waals surface area contributed by atoms with Gasteiger partial charge in [-0.25, -0.2) is 4.98 Å². The highest BCUT2D eigenvalue weighted by Crippen LogP contribution is 2.40. The van der Waals surface area contributed by atoms with Gasteiger partial charge in [-0.1, -0.05) is 35.6 Å². The quantitative estimate of drug-likeness (QED) is 0.261. The number of anilines is 1. The number of hydrogen-bond donors (Lipinski definition) is 1. The fourth-order valence-corrected chi connectivity index (χ4v) is 7.58. The molecule has 0 saturated heterocycles. The summed E-state index contributed by atoms with van der Waals surface area (Å²) < 4.78 is 10.8. The van der Waals surface area contributed by atoms with E-state index in [0.717, 1.165) is 79.8 Å². The number of ether oxygens (including phenoxy) is 2. The van der Waals surface area contributed by atoms with Gasteiger partial charge in [0.15, 0.2) is 0 Å². The van der Waals surface area contributed by atoms with E-state index in [-0.39, 0.29) is 17.7 Å². The average molecular weight is 604 g/mol. The Hall–Kier alpha value is -3.39. The SMILES string of the molecule is COc1ncc(-c2cccc(N(C[C@H]3CC[C@H](c4ccc(OC)c(C)c4)CC3)C(=O)[C@H]3CC[C@H](CNC(C)=O)CC3)c2)s1. The number of rotatable bonds is 10. The van der Waals surface area contributed by atoms with Crippen molar-refractivity contribution < 1.29 is 19.1 Å². The summed E-state index contributed by atoms with van der Waals surface area (Å²) in [6, 6.07) is 14.9. The van der Waals surface area contributed by atoms with Gasteiger partial charge in [-0.2, -0.15) is 0 Å². The van der Waals surface area contributed by atoms with Crippen LogP contribution in [0.25, 0.3) is 10.4 Å². The molecule has 0 aliphatic heterocycles. The number of hydrogen-bond acceptors (Lipinski definition) is 6. The monoisotopic (exact) mass is 603 g/mol. The lowest BCUT2D eigenvalue weighted by Crippen LogP contribution is -2.42. The highest BCUT2D eigenvalue weighted by molar-refractivity contribution is 7.16. The number of thiazole rings is 1. The third kappa shape index (κ3) is 7.77. The molecule has 1 aromatic heterocycles. The standard InChI is InChI=1S/C35H45N3O4S/c1-23-18-29(16-17-32(23)41-3)27-12-10-26(11-13-27)22-38(34(40)28-14-8-25(9-15-28)20-36-24(2)39)31-7-5-6-30(19-31)33-21-37-35(42-4)43-33/h5-7,16-19,21,25-28H,8-15,20,22H2,1-4H3,(H,36,39)/t25-,26-,27-,28-. The van der Waals surface area contributed by atoms with E-state index in [1.165, 1.54) is 22.5 Å². The molecule has 3 aromatic rings. The van der Waals surface area contributed by atoms with Gasteiger partial charge in [-0.05, 0) is 111 Å². The molecule has 2 aliphatic rings. The van der Waals surface area contributed by atoms with Crippen LogP contribution in [-0.4, -0.2) is 44.1 Å². The second-order valence-corrected chi connectivity index (χ2v) is 13.3. The Kier molecular flexibility index (Phi) is 10.4. The van der Waals surface area contributed by atoms with E-state index in [2.05, 4.69) is 58.5 Å². The van der Waals surface area contributed by atoms with E-state index in [1.807, 2.05) is 12.3 Å². The van der Waals surface area contributed by atoms with Crippen molar-refractivity contribution in [2.24, 2.45) is 17.8 Å². The summed E-state index contributed by atoms with van der Waals surface area (Å²) in [6.07, 6.45) is 10.00. The molecule has 1 heterocycles. The fraction of sp³-hybridized carbons (Fsp3) is 0.514. The Morgan fingerprint density at radius 2 is 1.70 bits per heavy atom. The Bertz CT molecular complexity index is 1390. The van der Waals surface area contributed by atoms with Gasteiger partial charge in [0.25, 0.3) is 5.19 Å². The molecule has 230 valence electrons. The molecule has 2 fully saturated rings. The molecule has 7 nitrogen and oxygen atoms in total. The van der Waals surface area contributed by atoms with Crippen LogP contribution >= 0.6 is 11.3 Å². The minimum atomic E-state index is 0.0133. The molecular weight excluding hydrogens is 558 g/mol. The number of aryl methyl sites for hydroxylation is 1. The van der Waals surface area contributed by atoms with Crippen LogP contribution in [-0.2, 0) is 9.59 Å². The van der Waals surface area contributed by atoms with Gasteiger partial charge < -0.3 is 19.7 Å². The van der Waals surface area contributed by atoms with Gasteiger partial charge in [-0.15, -0.1) is 0 Å². The van der Waals surface area contributed by atoms with Crippen molar-refractivity contribution in [2.75, 3.05) is 32.2 Å². The Morgan fingerprint density at radius 1 is 0.953 bits per heavy atom. The predicted molar refractivity (Wildman–Crippen MR) is 173 cm³/mol. The molecule has 0 unspecified atom stereocenters. The van der Waals surface area contributed by atoms with Crippen molar-refractivity contribution in [1.82, 2.24) is 10.3 Å². The molecule has 2 aliphatic carbocycles. The second-order valence-electron chi connectivity index (χ2n) is 12.3. The lowest BCUT2D eigenvalue weighted by atomic mass is 9.77.